The first-order chi connectivity index (χ1) is 9.31. The van der Waals surface area contributed by atoms with Crippen molar-refractivity contribution in [3.63, 3.8) is 0 Å². The molecule has 0 aromatic heterocycles. The van der Waals surface area contributed by atoms with Crippen LogP contribution in [0.5, 0.6) is 0 Å². The van der Waals surface area contributed by atoms with Crippen molar-refractivity contribution in [3.05, 3.63) is 11.6 Å². The molecule has 3 unspecified atom stereocenters. The van der Waals surface area contributed by atoms with Gasteiger partial charge in [-0.25, -0.2) is 0 Å². The first-order valence-corrected chi connectivity index (χ1v) is 8.44. The van der Waals surface area contributed by atoms with Gasteiger partial charge in [-0.05, 0) is 75.4 Å². The normalized spacial score (nSPS) is 33.1. The Balaban J connectivity index is 1.34. The summed E-state index contributed by atoms with van der Waals surface area (Å²) in [6.45, 7) is 0.998. The molecule has 0 saturated heterocycles. The Morgan fingerprint density at radius 3 is 2.89 bits per heavy atom. The zero-order valence-electron chi connectivity index (χ0n) is 11.8. The molecule has 3 aliphatic carbocycles. The highest BCUT2D eigenvalue weighted by atomic mass is 32.1. The molecule has 3 heteroatoms. The lowest BCUT2D eigenvalue weighted by Crippen LogP contribution is -2.44. The van der Waals surface area contributed by atoms with Crippen LogP contribution in [-0.4, -0.2) is 17.7 Å². The molecule has 0 aliphatic heterocycles. The average Bonchev–Trinajstić information content (AvgIpc) is 3.02. The van der Waals surface area contributed by atoms with Gasteiger partial charge in [-0.3, -0.25) is 0 Å². The molecule has 2 nitrogen and oxygen atoms in total. The van der Waals surface area contributed by atoms with Gasteiger partial charge in [0.15, 0.2) is 5.11 Å². The summed E-state index contributed by atoms with van der Waals surface area (Å²) in [6.07, 6.45) is 14.6. The highest BCUT2D eigenvalue weighted by Crippen LogP contribution is 2.44. The molecule has 19 heavy (non-hydrogen) atoms. The van der Waals surface area contributed by atoms with Gasteiger partial charge in [-0.2, -0.15) is 0 Å². The van der Waals surface area contributed by atoms with E-state index in [0.29, 0.717) is 6.04 Å². The van der Waals surface area contributed by atoms with Crippen LogP contribution in [0.3, 0.4) is 0 Å². The van der Waals surface area contributed by atoms with Crippen LogP contribution in [0.4, 0.5) is 0 Å². The Kier molecular flexibility index (Phi) is 4.42. The Morgan fingerprint density at radius 2 is 2.21 bits per heavy atom. The van der Waals surface area contributed by atoms with Crippen molar-refractivity contribution in [2.45, 2.75) is 63.8 Å². The van der Waals surface area contributed by atoms with Gasteiger partial charge in [0.1, 0.15) is 0 Å². The van der Waals surface area contributed by atoms with E-state index in [9.17, 15) is 0 Å². The number of hydrogen-bond donors (Lipinski definition) is 2. The maximum Gasteiger partial charge on any atom is 0.166 e. The third-order valence-corrected chi connectivity index (χ3v) is 5.43. The molecule has 0 amide bonds. The van der Waals surface area contributed by atoms with Crippen LogP contribution >= 0.6 is 12.2 Å². The van der Waals surface area contributed by atoms with Crippen molar-refractivity contribution in [3.8, 4) is 0 Å². The molecule has 2 fully saturated rings. The largest absolute Gasteiger partial charge is 0.362 e. The Morgan fingerprint density at radius 1 is 1.26 bits per heavy atom. The standard InChI is InChI=1S/C16H26N2S/c19-16(17-9-8-12-4-2-1-3-5-12)18-15-11-13-6-7-14(15)10-13/h4,13-15H,1-3,5-11H2,(H2,17,18,19). The SMILES string of the molecule is S=C(NCCC1=CCCCC1)NC1CC2CCC1C2. The molecule has 2 bridgehead atoms. The fraction of sp³-hybridized carbons (Fsp3) is 0.812. The van der Waals surface area contributed by atoms with Gasteiger partial charge in [-0.15, -0.1) is 0 Å². The smallest absolute Gasteiger partial charge is 0.166 e. The first-order valence-electron chi connectivity index (χ1n) is 8.03. The van der Waals surface area contributed by atoms with Crippen molar-refractivity contribution in [2.24, 2.45) is 11.8 Å². The topological polar surface area (TPSA) is 24.1 Å². The van der Waals surface area contributed by atoms with Crippen LogP contribution in [0, 0.1) is 11.8 Å². The zero-order valence-corrected chi connectivity index (χ0v) is 12.6. The predicted octanol–water partition coefficient (Wildman–Crippen LogP) is 3.53. The monoisotopic (exact) mass is 278 g/mol. The fourth-order valence-corrected chi connectivity index (χ4v) is 4.36. The van der Waals surface area contributed by atoms with Gasteiger partial charge in [0.05, 0.1) is 0 Å². The molecule has 106 valence electrons. The van der Waals surface area contributed by atoms with Crippen LogP contribution < -0.4 is 10.6 Å². The highest BCUT2D eigenvalue weighted by molar-refractivity contribution is 7.80. The lowest BCUT2D eigenvalue weighted by Gasteiger charge is -2.24. The van der Waals surface area contributed by atoms with E-state index in [1.165, 1.54) is 57.8 Å². The molecule has 3 aliphatic rings. The Labute approximate surface area is 122 Å². The summed E-state index contributed by atoms with van der Waals surface area (Å²) < 4.78 is 0. The molecular weight excluding hydrogens is 252 g/mol. The van der Waals surface area contributed by atoms with Gasteiger partial charge in [0, 0.05) is 12.6 Å². The van der Waals surface area contributed by atoms with Crippen LogP contribution in [0.2, 0.25) is 0 Å². The Hall–Kier alpha value is -0.570. The van der Waals surface area contributed by atoms with E-state index in [2.05, 4.69) is 16.7 Å². The molecule has 2 saturated carbocycles. The average molecular weight is 278 g/mol. The first kappa shape index (κ1) is 13.4. The molecule has 0 spiro atoms. The van der Waals surface area contributed by atoms with Crippen LogP contribution in [0.1, 0.15) is 57.8 Å². The summed E-state index contributed by atoms with van der Waals surface area (Å²) in [6, 6.07) is 0.660. The third kappa shape index (κ3) is 3.50. The van der Waals surface area contributed by atoms with Gasteiger partial charge in [-0.1, -0.05) is 18.1 Å². The zero-order chi connectivity index (χ0) is 13.1. The van der Waals surface area contributed by atoms with Gasteiger partial charge < -0.3 is 10.6 Å². The van der Waals surface area contributed by atoms with E-state index >= 15 is 0 Å². The van der Waals surface area contributed by atoms with Gasteiger partial charge in [0.25, 0.3) is 0 Å². The Bertz CT molecular complexity index is 364. The van der Waals surface area contributed by atoms with Crippen molar-refractivity contribution in [1.29, 1.82) is 0 Å². The number of rotatable bonds is 4. The van der Waals surface area contributed by atoms with Crippen molar-refractivity contribution >= 4 is 17.3 Å². The number of fused-ring (bicyclic) bond motifs is 2. The minimum atomic E-state index is 0.660. The maximum absolute atomic E-state index is 5.43. The summed E-state index contributed by atoms with van der Waals surface area (Å²) in [7, 11) is 0. The lowest BCUT2D eigenvalue weighted by atomic mass is 9.95. The van der Waals surface area contributed by atoms with Crippen LogP contribution in [0.15, 0.2) is 11.6 Å². The van der Waals surface area contributed by atoms with E-state index in [1.54, 1.807) is 5.57 Å². The summed E-state index contributed by atoms with van der Waals surface area (Å²) >= 11 is 5.43. The quantitative estimate of drug-likeness (QED) is 0.608. The summed E-state index contributed by atoms with van der Waals surface area (Å²) in [5, 5.41) is 7.83. The minimum Gasteiger partial charge on any atom is -0.362 e. The van der Waals surface area contributed by atoms with E-state index in [1.807, 2.05) is 0 Å². The van der Waals surface area contributed by atoms with Crippen molar-refractivity contribution in [1.82, 2.24) is 10.6 Å². The summed E-state index contributed by atoms with van der Waals surface area (Å²) in [5.74, 6) is 1.88. The number of thiocarbonyl (C=S) groups is 1. The second kappa shape index (κ2) is 6.25. The third-order valence-electron chi connectivity index (χ3n) is 5.17. The predicted molar refractivity (Wildman–Crippen MR) is 84.1 cm³/mol. The molecule has 0 aromatic rings. The summed E-state index contributed by atoms with van der Waals surface area (Å²) in [4.78, 5) is 0. The van der Waals surface area contributed by atoms with Gasteiger partial charge in [0.2, 0.25) is 0 Å². The number of hydrogen-bond acceptors (Lipinski definition) is 1. The summed E-state index contributed by atoms with van der Waals surface area (Å²) in [5.41, 5.74) is 1.63. The number of allylic oxidation sites excluding steroid dienone is 1. The molecular formula is C16H26N2S. The second-order valence-corrected chi connectivity index (χ2v) is 6.95. The van der Waals surface area contributed by atoms with E-state index in [4.69, 9.17) is 12.2 Å². The minimum absolute atomic E-state index is 0.660. The van der Waals surface area contributed by atoms with Crippen molar-refractivity contribution in [2.75, 3.05) is 6.54 Å². The fourth-order valence-electron chi connectivity index (χ4n) is 4.11. The molecule has 0 aromatic carbocycles. The van der Waals surface area contributed by atoms with E-state index in [0.717, 1.165) is 23.5 Å². The van der Waals surface area contributed by atoms with Gasteiger partial charge >= 0.3 is 0 Å². The van der Waals surface area contributed by atoms with Crippen LogP contribution in [-0.2, 0) is 0 Å². The second-order valence-electron chi connectivity index (χ2n) is 6.54. The molecule has 3 atom stereocenters. The number of nitrogens with one attached hydrogen (secondary N) is 2. The van der Waals surface area contributed by atoms with E-state index in [-0.39, 0.29) is 0 Å². The molecule has 2 N–H and O–H groups in total. The highest BCUT2D eigenvalue weighted by Gasteiger charge is 2.39. The molecule has 3 rings (SSSR count). The maximum atomic E-state index is 5.43. The van der Waals surface area contributed by atoms with Crippen LogP contribution in [0.25, 0.3) is 0 Å². The molecule has 0 heterocycles. The lowest BCUT2D eigenvalue weighted by molar-refractivity contribution is 0.389. The van der Waals surface area contributed by atoms with E-state index < -0.39 is 0 Å². The van der Waals surface area contributed by atoms with Crippen molar-refractivity contribution < 1.29 is 0 Å². The molecule has 0 radical (unpaired) electrons.